The van der Waals surface area contributed by atoms with E-state index in [9.17, 15) is 0 Å². The molecule has 1 aliphatic heterocycles. The van der Waals surface area contributed by atoms with Crippen LogP contribution in [0.5, 0.6) is 0 Å². The van der Waals surface area contributed by atoms with E-state index in [2.05, 4.69) is 24.4 Å². The Hall–Kier alpha value is -0.580. The largest absolute Gasteiger partial charge is 0.375 e. The van der Waals surface area contributed by atoms with Gasteiger partial charge < -0.3 is 10.1 Å². The van der Waals surface area contributed by atoms with Gasteiger partial charge in [0.25, 0.3) is 0 Å². The molecule has 0 aromatic carbocycles. The lowest BCUT2D eigenvalue weighted by atomic mass is 9.80. The van der Waals surface area contributed by atoms with Crippen LogP contribution in [0.4, 0.5) is 0 Å². The zero-order chi connectivity index (χ0) is 13.8. The molecule has 1 fully saturated rings. The number of aryl methyl sites for hydroxylation is 1. The second-order valence-corrected chi connectivity index (χ2v) is 6.76. The standard InChI is InChI=1S/C16H24N2OS/c1-2-17-16(14-11-20-10-9-19-14)13-7-3-5-12-6-4-8-18-15(12)13/h4,6,8,13-14,16-17H,2-3,5,7,9-11H2,1H3. The van der Waals surface area contributed by atoms with Crippen molar-refractivity contribution in [2.75, 3.05) is 24.7 Å². The van der Waals surface area contributed by atoms with Gasteiger partial charge in [0.1, 0.15) is 0 Å². The summed E-state index contributed by atoms with van der Waals surface area (Å²) in [6, 6.07) is 4.71. The SMILES string of the molecule is CCNC(C1CSCCO1)C1CCCc2cccnc21. The van der Waals surface area contributed by atoms with Crippen LogP contribution in [0.15, 0.2) is 18.3 Å². The van der Waals surface area contributed by atoms with E-state index in [1.165, 1.54) is 30.5 Å². The van der Waals surface area contributed by atoms with Crippen molar-refractivity contribution in [3.8, 4) is 0 Å². The quantitative estimate of drug-likeness (QED) is 0.925. The third-order valence-corrected chi connectivity index (χ3v) is 5.37. The first kappa shape index (κ1) is 14.4. The van der Waals surface area contributed by atoms with Crippen LogP contribution < -0.4 is 5.32 Å². The Morgan fingerprint density at radius 2 is 2.50 bits per heavy atom. The normalized spacial score (nSPS) is 27.9. The highest BCUT2D eigenvalue weighted by Crippen LogP contribution is 2.35. The number of thioether (sulfide) groups is 1. The van der Waals surface area contributed by atoms with Crippen LogP contribution in [0.3, 0.4) is 0 Å². The van der Waals surface area contributed by atoms with Crippen molar-refractivity contribution < 1.29 is 4.74 Å². The molecule has 1 saturated heterocycles. The number of hydrogen-bond acceptors (Lipinski definition) is 4. The van der Waals surface area contributed by atoms with Crippen LogP contribution in [-0.2, 0) is 11.2 Å². The molecule has 2 heterocycles. The summed E-state index contributed by atoms with van der Waals surface area (Å²) in [5.41, 5.74) is 2.75. The Bertz CT molecular complexity index is 434. The minimum atomic E-state index is 0.326. The first-order valence-corrected chi connectivity index (χ1v) is 8.92. The predicted octanol–water partition coefficient (Wildman–Crippen LogP) is 2.61. The maximum Gasteiger partial charge on any atom is 0.0825 e. The van der Waals surface area contributed by atoms with Gasteiger partial charge in [-0.3, -0.25) is 4.98 Å². The molecule has 3 unspecified atom stereocenters. The van der Waals surface area contributed by atoms with E-state index in [1.54, 1.807) is 0 Å². The van der Waals surface area contributed by atoms with Crippen molar-refractivity contribution in [2.24, 2.45) is 0 Å². The number of pyridine rings is 1. The number of rotatable bonds is 4. The first-order chi connectivity index (χ1) is 9.90. The van der Waals surface area contributed by atoms with Gasteiger partial charge in [0.05, 0.1) is 12.7 Å². The van der Waals surface area contributed by atoms with Crippen molar-refractivity contribution in [3.63, 3.8) is 0 Å². The summed E-state index contributed by atoms with van der Waals surface area (Å²) in [6.07, 6.45) is 5.94. The zero-order valence-corrected chi connectivity index (χ0v) is 13.0. The first-order valence-electron chi connectivity index (χ1n) is 7.76. The fourth-order valence-corrected chi connectivity index (χ4v) is 4.39. The fourth-order valence-electron chi connectivity index (χ4n) is 3.48. The Kier molecular flexibility index (Phi) is 4.97. The third kappa shape index (κ3) is 3.02. The summed E-state index contributed by atoms with van der Waals surface area (Å²) in [5.74, 6) is 2.74. The average molecular weight is 292 g/mol. The molecule has 0 amide bonds. The van der Waals surface area contributed by atoms with E-state index in [0.29, 0.717) is 18.1 Å². The van der Waals surface area contributed by atoms with Gasteiger partial charge in [-0.05, 0) is 37.4 Å². The third-order valence-electron chi connectivity index (χ3n) is 4.35. The van der Waals surface area contributed by atoms with Gasteiger partial charge >= 0.3 is 0 Å². The van der Waals surface area contributed by atoms with Crippen molar-refractivity contribution in [1.82, 2.24) is 10.3 Å². The summed E-state index contributed by atoms with van der Waals surface area (Å²) in [4.78, 5) is 4.70. The van der Waals surface area contributed by atoms with E-state index in [1.807, 2.05) is 18.0 Å². The number of likely N-dealkylation sites (N-methyl/N-ethyl adjacent to an activating group) is 1. The summed E-state index contributed by atoms with van der Waals surface area (Å²) in [7, 11) is 0. The van der Waals surface area contributed by atoms with E-state index >= 15 is 0 Å². The highest BCUT2D eigenvalue weighted by Gasteiger charge is 2.35. The molecule has 0 spiro atoms. The molecule has 1 aromatic rings. The van der Waals surface area contributed by atoms with Gasteiger partial charge in [0.2, 0.25) is 0 Å². The van der Waals surface area contributed by atoms with Crippen LogP contribution in [-0.4, -0.2) is 41.8 Å². The van der Waals surface area contributed by atoms with E-state index in [4.69, 9.17) is 9.72 Å². The highest BCUT2D eigenvalue weighted by atomic mass is 32.2. The molecule has 1 N–H and O–H groups in total. The summed E-state index contributed by atoms with van der Waals surface area (Å²) in [6.45, 7) is 4.07. The minimum Gasteiger partial charge on any atom is -0.375 e. The van der Waals surface area contributed by atoms with Crippen LogP contribution in [0, 0.1) is 0 Å². The maximum atomic E-state index is 6.05. The molecule has 110 valence electrons. The van der Waals surface area contributed by atoms with Gasteiger partial charge in [-0.2, -0.15) is 11.8 Å². The summed E-state index contributed by atoms with van der Waals surface area (Å²) in [5, 5.41) is 3.68. The minimum absolute atomic E-state index is 0.326. The Morgan fingerprint density at radius 1 is 1.55 bits per heavy atom. The van der Waals surface area contributed by atoms with Gasteiger partial charge in [-0.15, -0.1) is 0 Å². The van der Waals surface area contributed by atoms with Gasteiger partial charge in [-0.1, -0.05) is 13.0 Å². The van der Waals surface area contributed by atoms with E-state index < -0.39 is 0 Å². The monoisotopic (exact) mass is 292 g/mol. The van der Waals surface area contributed by atoms with Crippen molar-refractivity contribution in [1.29, 1.82) is 0 Å². The second kappa shape index (κ2) is 6.92. The molecule has 1 aliphatic carbocycles. The van der Waals surface area contributed by atoms with Gasteiger partial charge in [0.15, 0.2) is 0 Å². The van der Waals surface area contributed by atoms with Gasteiger partial charge in [-0.25, -0.2) is 0 Å². The molecule has 0 radical (unpaired) electrons. The summed E-state index contributed by atoms with van der Waals surface area (Å²) < 4.78 is 6.05. The van der Waals surface area contributed by atoms with Crippen LogP contribution in [0.1, 0.15) is 36.9 Å². The molecule has 3 nitrogen and oxygen atoms in total. The number of ether oxygens (including phenoxy) is 1. The smallest absolute Gasteiger partial charge is 0.0825 e. The molecule has 4 heteroatoms. The highest BCUT2D eigenvalue weighted by molar-refractivity contribution is 7.99. The second-order valence-electron chi connectivity index (χ2n) is 5.61. The van der Waals surface area contributed by atoms with Crippen LogP contribution >= 0.6 is 11.8 Å². The van der Waals surface area contributed by atoms with Crippen LogP contribution in [0.2, 0.25) is 0 Å². The lowest BCUT2D eigenvalue weighted by molar-refractivity contribution is 0.0375. The predicted molar refractivity (Wildman–Crippen MR) is 84.4 cm³/mol. The molecule has 20 heavy (non-hydrogen) atoms. The topological polar surface area (TPSA) is 34.1 Å². The lowest BCUT2D eigenvalue weighted by Crippen LogP contribution is -2.49. The molecule has 2 aliphatic rings. The molecule has 1 aromatic heterocycles. The number of fused-ring (bicyclic) bond motifs is 1. The molecular formula is C16H24N2OS. The fraction of sp³-hybridized carbons (Fsp3) is 0.688. The molecule has 0 bridgehead atoms. The Balaban J connectivity index is 1.84. The number of nitrogens with zero attached hydrogens (tertiary/aromatic N) is 1. The van der Waals surface area contributed by atoms with Crippen LogP contribution in [0.25, 0.3) is 0 Å². The van der Waals surface area contributed by atoms with E-state index in [0.717, 1.165) is 24.7 Å². The Labute approximate surface area is 125 Å². The molecule has 3 rings (SSSR count). The van der Waals surface area contributed by atoms with Gasteiger partial charge in [0, 0.05) is 35.4 Å². The maximum absolute atomic E-state index is 6.05. The van der Waals surface area contributed by atoms with Crippen molar-refractivity contribution >= 4 is 11.8 Å². The zero-order valence-electron chi connectivity index (χ0n) is 12.2. The van der Waals surface area contributed by atoms with Crippen molar-refractivity contribution in [2.45, 2.75) is 44.2 Å². The number of nitrogens with one attached hydrogen (secondary N) is 1. The average Bonchev–Trinajstić information content (AvgIpc) is 2.53. The Morgan fingerprint density at radius 3 is 3.30 bits per heavy atom. The molecule has 3 atom stereocenters. The van der Waals surface area contributed by atoms with Crippen molar-refractivity contribution in [3.05, 3.63) is 29.6 Å². The summed E-state index contributed by atoms with van der Waals surface area (Å²) >= 11 is 2.02. The molecular weight excluding hydrogens is 268 g/mol. The lowest BCUT2D eigenvalue weighted by Gasteiger charge is -2.38. The number of aromatic nitrogens is 1. The number of hydrogen-bond donors (Lipinski definition) is 1. The molecule has 0 saturated carbocycles. The van der Waals surface area contributed by atoms with E-state index in [-0.39, 0.29) is 0 Å².